The van der Waals surface area contributed by atoms with Crippen molar-refractivity contribution >= 4 is 5.82 Å². The Kier molecular flexibility index (Phi) is 1.94. The van der Waals surface area contributed by atoms with Gasteiger partial charge in [-0.3, -0.25) is 0 Å². The van der Waals surface area contributed by atoms with Crippen LogP contribution < -0.4 is 10.5 Å². The highest BCUT2D eigenvalue weighted by molar-refractivity contribution is 5.45. The fourth-order valence-electron chi connectivity index (χ4n) is 0.796. The highest BCUT2D eigenvalue weighted by atomic mass is 16.5. The monoisotopic (exact) mass is 153 g/mol. The molecule has 0 atom stereocenters. The molecule has 1 aromatic rings. The first kappa shape index (κ1) is 7.78. The Morgan fingerprint density at radius 2 is 1.82 bits per heavy atom. The Bertz CT molecular complexity index is 273. The number of aromatic nitrogens is 2. The summed E-state index contributed by atoms with van der Waals surface area (Å²) in [5.74, 6) is 1.00. The number of hydrogen-bond acceptors (Lipinski definition) is 4. The SMILES string of the molecule is COc1nnc(N)c(C)c1C. The zero-order valence-corrected chi connectivity index (χ0v) is 6.88. The van der Waals surface area contributed by atoms with Gasteiger partial charge in [0.25, 0.3) is 0 Å². The Morgan fingerprint density at radius 1 is 1.18 bits per heavy atom. The lowest BCUT2D eigenvalue weighted by molar-refractivity contribution is 0.388. The summed E-state index contributed by atoms with van der Waals surface area (Å²) in [4.78, 5) is 0. The fourth-order valence-corrected chi connectivity index (χ4v) is 0.796. The molecule has 0 aliphatic heterocycles. The molecule has 60 valence electrons. The number of methoxy groups -OCH3 is 1. The molecule has 0 saturated heterocycles. The first-order valence-corrected chi connectivity index (χ1v) is 3.30. The first-order valence-electron chi connectivity index (χ1n) is 3.30. The third-order valence-corrected chi connectivity index (χ3v) is 1.71. The number of rotatable bonds is 1. The smallest absolute Gasteiger partial charge is 0.236 e. The van der Waals surface area contributed by atoms with E-state index >= 15 is 0 Å². The van der Waals surface area contributed by atoms with Gasteiger partial charge in [0, 0.05) is 11.1 Å². The van der Waals surface area contributed by atoms with Crippen LogP contribution in [0.1, 0.15) is 11.1 Å². The number of anilines is 1. The second-order valence-electron chi connectivity index (χ2n) is 2.34. The molecule has 0 saturated carbocycles. The average Bonchev–Trinajstić information content (AvgIpc) is 2.01. The molecule has 1 heterocycles. The largest absolute Gasteiger partial charge is 0.480 e. The molecule has 11 heavy (non-hydrogen) atoms. The quantitative estimate of drug-likeness (QED) is 0.644. The number of ether oxygens (including phenoxy) is 1. The van der Waals surface area contributed by atoms with E-state index < -0.39 is 0 Å². The van der Waals surface area contributed by atoms with E-state index in [1.165, 1.54) is 0 Å². The summed E-state index contributed by atoms with van der Waals surface area (Å²) >= 11 is 0. The fraction of sp³-hybridized carbons (Fsp3) is 0.429. The van der Waals surface area contributed by atoms with E-state index in [4.69, 9.17) is 10.5 Å². The van der Waals surface area contributed by atoms with E-state index in [-0.39, 0.29) is 0 Å². The topological polar surface area (TPSA) is 61.0 Å². The number of nitrogens with zero attached hydrogens (tertiary/aromatic N) is 2. The van der Waals surface area contributed by atoms with E-state index in [1.54, 1.807) is 7.11 Å². The van der Waals surface area contributed by atoms with Gasteiger partial charge >= 0.3 is 0 Å². The van der Waals surface area contributed by atoms with Crippen molar-refractivity contribution in [1.82, 2.24) is 10.2 Å². The maximum absolute atomic E-state index is 5.52. The van der Waals surface area contributed by atoms with Crippen LogP contribution in [0.3, 0.4) is 0 Å². The lowest BCUT2D eigenvalue weighted by Crippen LogP contribution is -2.02. The molecule has 0 radical (unpaired) electrons. The molecule has 4 nitrogen and oxygen atoms in total. The van der Waals surface area contributed by atoms with Gasteiger partial charge in [-0.2, -0.15) is 0 Å². The van der Waals surface area contributed by atoms with E-state index in [1.807, 2.05) is 13.8 Å². The molecular formula is C7H11N3O. The van der Waals surface area contributed by atoms with Crippen molar-refractivity contribution in [2.75, 3.05) is 12.8 Å². The molecule has 0 unspecified atom stereocenters. The normalized spacial score (nSPS) is 9.73. The average molecular weight is 153 g/mol. The third-order valence-electron chi connectivity index (χ3n) is 1.71. The van der Waals surface area contributed by atoms with Gasteiger partial charge in [0.2, 0.25) is 5.88 Å². The third kappa shape index (κ3) is 1.24. The van der Waals surface area contributed by atoms with Gasteiger partial charge in [0.1, 0.15) is 5.82 Å². The van der Waals surface area contributed by atoms with Gasteiger partial charge in [-0.15, -0.1) is 10.2 Å². The summed E-state index contributed by atoms with van der Waals surface area (Å²) in [6, 6.07) is 0. The van der Waals surface area contributed by atoms with Gasteiger partial charge in [0.05, 0.1) is 7.11 Å². The first-order chi connectivity index (χ1) is 5.16. The minimum absolute atomic E-state index is 0.461. The summed E-state index contributed by atoms with van der Waals surface area (Å²) in [6.07, 6.45) is 0. The van der Waals surface area contributed by atoms with Crippen LogP contribution in [0.4, 0.5) is 5.82 Å². The van der Waals surface area contributed by atoms with Crippen molar-refractivity contribution in [3.8, 4) is 5.88 Å². The van der Waals surface area contributed by atoms with Crippen LogP contribution in [0.25, 0.3) is 0 Å². The molecule has 0 bridgehead atoms. The van der Waals surface area contributed by atoms with Crippen LogP contribution >= 0.6 is 0 Å². The Hall–Kier alpha value is -1.32. The molecule has 0 aliphatic rings. The molecule has 0 amide bonds. The van der Waals surface area contributed by atoms with E-state index in [0.29, 0.717) is 11.7 Å². The van der Waals surface area contributed by atoms with Crippen molar-refractivity contribution in [3.63, 3.8) is 0 Å². The van der Waals surface area contributed by atoms with Crippen LogP contribution in [0.15, 0.2) is 0 Å². The highest BCUT2D eigenvalue weighted by Gasteiger charge is 2.05. The summed E-state index contributed by atoms with van der Waals surface area (Å²) < 4.78 is 4.95. The minimum atomic E-state index is 0.461. The van der Waals surface area contributed by atoms with Crippen molar-refractivity contribution in [2.24, 2.45) is 0 Å². The zero-order chi connectivity index (χ0) is 8.43. The van der Waals surface area contributed by atoms with Crippen LogP contribution in [-0.2, 0) is 0 Å². The van der Waals surface area contributed by atoms with Gasteiger partial charge in [-0.05, 0) is 13.8 Å². The maximum Gasteiger partial charge on any atom is 0.236 e. The Balaban J connectivity index is 3.25. The minimum Gasteiger partial charge on any atom is -0.480 e. The van der Waals surface area contributed by atoms with Crippen molar-refractivity contribution in [3.05, 3.63) is 11.1 Å². The summed E-state index contributed by atoms with van der Waals surface area (Å²) in [6.45, 7) is 3.79. The highest BCUT2D eigenvalue weighted by Crippen LogP contribution is 2.19. The number of hydrogen-bond donors (Lipinski definition) is 1. The molecule has 1 aromatic heterocycles. The van der Waals surface area contributed by atoms with Gasteiger partial charge in [0.15, 0.2) is 0 Å². The number of nitrogen functional groups attached to an aromatic ring is 1. The Labute approximate surface area is 65.4 Å². The molecule has 2 N–H and O–H groups in total. The summed E-state index contributed by atoms with van der Waals surface area (Å²) in [5.41, 5.74) is 7.39. The van der Waals surface area contributed by atoms with Gasteiger partial charge in [-0.25, -0.2) is 0 Å². The maximum atomic E-state index is 5.52. The van der Waals surface area contributed by atoms with Gasteiger partial charge < -0.3 is 10.5 Å². The Morgan fingerprint density at radius 3 is 2.36 bits per heavy atom. The van der Waals surface area contributed by atoms with Crippen LogP contribution in [0, 0.1) is 13.8 Å². The summed E-state index contributed by atoms with van der Waals surface area (Å²) in [5, 5.41) is 7.47. The molecular weight excluding hydrogens is 142 g/mol. The molecule has 0 aromatic carbocycles. The predicted octanol–water partition coefficient (Wildman–Crippen LogP) is 0.684. The van der Waals surface area contributed by atoms with Crippen LogP contribution in [-0.4, -0.2) is 17.3 Å². The van der Waals surface area contributed by atoms with Crippen LogP contribution in [0.5, 0.6) is 5.88 Å². The lowest BCUT2D eigenvalue weighted by Gasteiger charge is -2.05. The second kappa shape index (κ2) is 2.74. The molecule has 0 spiro atoms. The van der Waals surface area contributed by atoms with E-state index in [9.17, 15) is 0 Å². The lowest BCUT2D eigenvalue weighted by atomic mass is 10.2. The van der Waals surface area contributed by atoms with Crippen molar-refractivity contribution in [1.29, 1.82) is 0 Å². The standard InChI is InChI=1S/C7H11N3O/c1-4-5(2)7(11-3)10-9-6(4)8/h1-3H3,(H2,8,9). The van der Waals surface area contributed by atoms with Gasteiger partial charge in [-0.1, -0.05) is 0 Å². The van der Waals surface area contributed by atoms with E-state index in [0.717, 1.165) is 11.1 Å². The predicted molar refractivity (Wildman–Crippen MR) is 42.5 cm³/mol. The zero-order valence-electron chi connectivity index (χ0n) is 6.88. The molecule has 0 aliphatic carbocycles. The molecule has 0 fully saturated rings. The second-order valence-corrected chi connectivity index (χ2v) is 2.34. The van der Waals surface area contributed by atoms with Crippen LogP contribution in [0.2, 0.25) is 0 Å². The summed E-state index contributed by atoms with van der Waals surface area (Å²) in [7, 11) is 1.56. The van der Waals surface area contributed by atoms with Crippen molar-refractivity contribution < 1.29 is 4.74 Å². The van der Waals surface area contributed by atoms with Crippen molar-refractivity contribution in [2.45, 2.75) is 13.8 Å². The molecule has 4 heteroatoms. The van der Waals surface area contributed by atoms with E-state index in [2.05, 4.69) is 10.2 Å². The molecule has 1 rings (SSSR count). The number of nitrogens with two attached hydrogens (primary N) is 1.